The van der Waals surface area contributed by atoms with Crippen LogP contribution in [-0.4, -0.2) is 85.4 Å². The predicted octanol–water partition coefficient (Wildman–Crippen LogP) is 0.533. The minimum Gasteiger partial charge on any atom is -0.343 e. The molecule has 0 aromatic carbocycles. The lowest BCUT2D eigenvalue weighted by Crippen LogP contribution is -2.47. The molecule has 3 fully saturated rings. The molecule has 0 bridgehead atoms. The van der Waals surface area contributed by atoms with Crippen LogP contribution in [0.5, 0.6) is 0 Å². The fourth-order valence-corrected chi connectivity index (χ4v) is 4.08. The van der Waals surface area contributed by atoms with Crippen molar-refractivity contribution in [3.63, 3.8) is 0 Å². The van der Waals surface area contributed by atoms with Crippen LogP contribution < -0.4 is 5.32 Å². The third-order valence-electron chi connectivity index (χ3n) is 5.74. The highest BCUT2D eigenvalue weighted by molar-refractivity contribution is 5.77. The average molecular weight is 336 g/mol. The van der Waals surface area contributed by atoms with Crippen molar-refractivity contribution in [1.29, 1.82) is 0 Å². The van der Waals surface area contributed by atoms with Crippen LogP contribution in [0.2, 0.25) is 0 Å². The van der Waals surface area contributed by atoms with Gasteiger partial charge in [-0.25, -0.2) is 0 Å². The van der Waals surface area contributed by atoms with Gasteiger partial charge in [-0.3, -0.25) is 9.59 Å². The number of nitrogens with zero attached hydrogens (tertiary/aromatic N) is 3. The van der Waals surface area contributed by atoms with Crippen molar-refractivity contribution in [3.05, 3.63) is 0 Å². The number of hydrogen-bond acceptors (Lipinski definition) is 4. The third-order valence-corrected chi connectivity index (χ3v) is 5.74. The number of rotatable bonds is 5. The molecule has 3 rings (SSSR count). The van der Waals surface area contributed by atoms with E-state index in [1.54, 1.807) is 0 Å². The lowest BCUT2D eigenvalue weighted by atomic mass is 9.93. The standard InChI is InChI=1S/C18H32N4O2/c23-17(22-13-6-19-7-14-22)5-12-20-10-3-16(4-11-20)15-18(24)21-8-1-2-9-21/h16,19H,1-15H2. The number of carbonyl (C=O) groups is 2. The van der Waals surface area contributed by atoms with Crippen LogP contribution in [0.25, 0.3) is 0 Å². The van der Waals surface area contributed by atoms with E-state index in [0.717, 1.165) is 78.2 Å². The molecule has 136 valence electrons. The molecule has 24 heavy (non-hydrogen) atoms. The molecule has 0 radical (unpaired) electrons. The van der Waals surface area contributed by atoms with Crippen molar-refractivity contribution >= 4 is 11.8 Å². The molecule has 6 nitrogen and oxygen atoms in total. The maximum atomic E-state index is 12.2. The summed E-state index contributed by atoms with van der Waals surface area (Å²) < 4.78 is 0. The molecule has 0 aromatic rings. The van der Waals surface area contributed by atoms with Gasteiger partial charge in [-0.15, -0.1) is 0 Å². The summed E-state index contributed by atoms with van der Waals surface area (Å²) in [5.74, 6) is 1.20. The van der Waals surface area contributed by atoms with Gasteiger partial charge in [0, 0.05) is 58.7 Å². The van der Waals surface area contributed by atoms with Crippen LogP contribution in [0.4, 0.5) is 0 Å². The van der Waals surface area contributed by atoms with E-state index in [-0.39, 0.29) is 0 Å². The summed E-state index contributed by atoms with van der Waals surface area (Å²) in [5, 5.41) is 3.28. The van der Waals surface area contributed by atoms with Gasteiger partial charge in [0.25, 0.3) is 0 Å². The van der Waals surface area contributed by atoms with E-state index in [4.69, 9.17) is 0 Å². The highest BCUT2D eigenvalue weighted by atomic mass is 16.2. The van der Waals surface area contributed by atoms with Crippen LogP contribution in [0.3, 0.4) is 0 Å². The molecule has 3 heterocycles. The largest absolute Gasteiger partial charge is 0.343 e. The Morgan fingerprint density at radius 1 is 0.833 bits per heavy atom. The van der Waals surface area contributed by atoms with Gasteiger partial charge in [0.15, 0.2) is 0 Å². The Bertz CT molecular complexity index is 423. The van der Waals surface area contributed by atoms with Gasteiger partial charge >= 0.3 is 0 Å². The van der Waals surface area contributed by atoms with E-state index >= 15 is 0 Å². The van der Waals surface area contributed by atoms with Gasteiger partial charge in [-0.1, -0.05) is 0 Å². The first-order valence-corrected chi connectivity index (χ1v) is 9.71. The molecule has 1 N–H and O–H groups in total. The Morgan fingerprint density at radius 2 is 1.46 bits per heavy atom. The number of carbonyl (C=O) groups excluding carboxylic acids is 2. The predicted molar refractivity (Wildman–Crippen MR) is 93.7 cm³/mol. The summed E-state index contributed by atoms with van der Waals surface area (Å²) >= 11 is 0. The summed E-state index contributed by atoms with van der Waals surface area (Å²) in [6, 6.07) is 0. The van der Waals surface area contributed by atoms with Crippen molar-refractivity contribution in [2.75, 3.05) is 58.9 Å². The molecule has 3 aliphatic heterocycles. The Morgan fingerprint density at radius 3 is 2.12 bits per heavy atom. The van der Waals surface area contributed by atoms with E-state index in [2.05, 4.69) is 10.2 Å². The normalized spacial score (nSPS) is 23.7. The molecule has 0 unspecified atom stereocenters. The van der Waals surface area contributed by atoms with E-state index < -0.39 is 0 Å². The van der Waals surface area contributed by atoms with Crippen LogP contribution >= 0.6 is 0 Å². The zero-order valence-electron chi connectivity index (χ0n) is 14.8. The van der Waals surface area contributed by atoms with Crippen molar-refractivity contribution in [3.8, 4) is 0 Å². The number of piperidine rings is 1. The lowest BCUT2D eigenvalue weighted by molar-refractivity contribution is -0.132. The van der Waals surface area contributed by atoms with Gasteiger partial charge in [-0.05, 0) is 44.7 Å². The first-order valence-electron chi connectivity index (χ1n) is 9.71. The average Bonchev–Trinajstić information content (AvgIpc) is 3.16. The molecule has 3 saturated heterocycles. The van der Waals surface area contributed by atoms with Crippen molar-refractivity contribution in [2.45, 2.75) is 38.5 Å². The fraction of sp³-hybridized carbons (Fsp3) is 0.889. The minimum atomic E-state index is 0.294. The number of amides is 2. The van der Waals surface area contributed by atoms with Gasteiger partial charge in [-0.2, -0.15) is 0 Å². The van der Waals surface area contributed by atoms with Crippen LogP contribution in [0.15, 0.2) is 0 Å². The molecule has 0 atom stereocenters. The van der Waals surface area contributed by atoms with Crippen LogP contribution in [0, 0.1) is 5.92 Å². The van der Waals surface area contributed by atoms with Crippen molar-refractivity contribution in [1.82, 2.24) is 20.0 Å². The maximum Gasteiger partial charge on any atom is 0.223 e. The molecule has 2 amide bonds. The van der Waals surface area contributed by atoms with Crippen molar-refractivity contribution < 1.29 is 9.59 Å². The molecule has 0 aliphatic carbocycles. The highest BCUT2D eigenvalue weighted by Crippen LogP contribution is 2.22. The molecule has 6 heteroatoms. The van der Waals surface area contributed by atoms with E-state index in [0.29, 0.717) is 24.2 Å². The fourth-order valence-electron chi connectivity index (χ4n) is 4.08. The summed E-state index contributed by atoms with van der Waals surface area (Å²) in [6.45, 7) is 8.40. The number of piperazine rings is 1. The van der Waals surface area contributed by atoms with Gasteiger partial charge in [0.2, 0.25) is 11.8 Å². The van der Waals surface area contributed by atoms with Gasteiger partial charge in [0.1, 0.15) is 0 Å². The second-order valence-corrected chi connectivity index (χ2v) is 7.46. The molecular formula is C18H32N4O2. The number of hydrogen-bond donors (Lipinski definition) is 1. The Balaban J connectivity index is 1.31. The van der Waals surface area contributed by atoms with E-state index in [1.807, 2.05) is 9.80 Å². The molecule has 0 aromatic heterocycles. The van der Waals surface area contributed by atoms with Crippen molar-refractivity contribution in [2.24, 2.45) is 5.92 Å². The molecule has 0 spiro atoms. The molecule has 0 saturated carbocycles. The number of likely N-dealkylation sites (tertiary alicyclic amines) is 2. The van der Waals surface area contributed by atoms with Gasteiger partial charge in [0.05, 0.1) is 0 Å². The zero-order valence-corrected chi connectivity index (χ0v) is 14.8. The monoisotopic (exact) mass is 336 g/mol. The Kier molecular flexibility index (Phi) is 6.49. The van der Waals surface area contributed by atoms with E-state index in [1.165, 1.54) is 12.8 Å². The quantitative estimate of drug-likeness (QED) is 0.796. The highest BCUT2D eigenvalue weighted by Gasteiger charge is 2.25. The summed E-state index contributed by atoms with van der Waals surface area (Å²) in [4.78, 5) is 30.9. The lowest BCUT2D eigenvalue weighted by Gasteiger charge is -2.33. The second-order valence-electron chi connectivity index (χ2n) is 7.46. The number of nitrogens with one attached hydrogen (secondary N) is 1. The second kappa shape index (κ2) is 8.81. The Hall–Kier alpha value is -1.14. The zero-order chi connectivity index (χ0) is 16.8. The topological polar surface area (TPSA) is 55.9 Å². The molecule has 3 aliphatic rings. The van der Waals surface area contributed by atoms with Gasteiger partial charge < -0.3 is 20.0 Å². The summed E-state index contributed by atoms with van der Waals surface area (Å²) in [6.07, 6.45) is 5.91. The summed E-state index contributed by atoms with van der Waals surface area (Å²) in [5.41, 5.74) is 0. The maximum absolute atomic E-state index is 12.2. The Labute approximate surface area is 145 Å². The van der Waals surface area contributed by atoms with Crippen LogP contribution in [0.1, 0.15) is 38.5 Å². The van der Waals surface area contributed by atoms with E-state index in [9.17, 15) is 9.59 Å². The summed E-state index contributed by atoms with van der Waals surface area (Å²) in [7, 11) is 0. The SMILES string of the molecule is O=C(CCN1CCC(CC(=O)N2CCCC2)CC1)N1CCNCC1. The minimum absolute atomic E-state index is 0.294. The van der Waals surface area contributed by atoms with Crippen LogP contribution in [-0.2, 0) is 9.59 Å². The molecular weight excluding hydrogens is 304 g/mol. The first kappa shape index (κ1) is 17.7. The third kappa shape index (κ3) is 4.93. The first-order chi connectivity index (χ1) is 11.7. The smallest absolute Gasteiger partial charge is 0.223 e.